The van der Waals surface area contributed by atoms with Crippen LogP contribution in [0.4, 0.5) is 0 Å². The van der Waals surface area contributed by atoms with E-state index in [9.17, 15) is 8.42 Å². The Hall–Kier alpha value is -0.170. The van der Waals surface area contributed by atoms with Crippen molar-refractivity contribution < 1.29 is 8.42 Å². The Morgan fingerprint density at radius 2 is 1.65 bits per heavy atom. The first-order chi connectivity index (χ1) is 9.47. The summed E-state index contributed by atoms with van der Waals surface area (Å²) in [5.74, 6) is 0.738. The van der Waals surface area contributed by atoms with Gasteiger partial charge in [0.05, 0.1) is 0 Å². The van der Waals surface area contributed by atoms with Crippen molar-refractivity contribution in [3.05, 3.63) is 0 Å². The maximum absolute atomic E-state index is 12.2. The zero-order valence-electron chi connectivity index (χ0n) is 12.8. The van der Waals surface area contributed by atoms with E-state index in [1.165, 1.54) is 17.1 Å². The van der Waals surface area contributed by atoms with Crippen LogP contribution in [0.15, 0.2) is 0 Å². The molecule has 2 N–H and O–H groups in total. The van der Waals surface area contributed by atoms with Crippen molar-refractivity contribution in [3.63, 3.8) is 0 Å². The number of hydrogen-bond donors (Lipinski definition) is 2. The van der Waals surface area contributed by atoms with Crippen LogP contribution in [0.5, 0.6) is 0 Å². The second kappa shape index (κ2) is 7.20. The fourth-order valence-corrected chi connectivity index (χ4v) is 3.90. The molecule has 2 rings (SSSR count). The Morgan fingerprint density at radius 3 is 2.25 bits per heavy atom. The van der Waals surface area contributed by atoms with Gasteiger partial charge in [-0.1, -0.05) is 6.92 Å². The van der Waals surface area contributed by atoms with E-state index in [2.05, 4.69) is 17.0 Å². The van der Waals surface area contributed by atoms with Crippen LogP contribution < -0.4 is 10.0 Å². The quantitative estimate of drug-likeness (QED) is 0.668. The number of nitrogens with zero attached hydrogens (tertiary/aromatic N) is 1. The van der Waals surface area contributed by atoms with E-state index >= 15 is 0 Å². The summed E-state index contributed by atoms with van der Waals surface area (Å²) in [4.78, 5) is 0. The molecule has 0 unspecified atom stereocenters. The van der Waals surface area contributed by atoms with Gasteiger partial charge in [0.15, 0.2) is 0 Å². The van der Waals surface area contributed by atoms with Crippen molar-refractivity contribution in [2.75, 3.05) is 20.1 Å². The molecule has 0 radical (unpaired) electrons. The van der Waals surface area contributed by atoms with Gasteiger partial charge in [-0.3, -0.25) is 0 Å². The highest BCUT2D eigenvalue weighted by Crippen LogP contribution is 2.24. The Balaban J connectivity index is 1.67. The van der Waals surface area contributed by atoms with E-state index in [-0.39, 0.29) is 6.04 Å². The van der Waals surface area contributed by atoms with Crippen LogP contribution in [0.2, 0.25) is 0 Å². The van der Waals surface area contributed by atoms with Gasteiger partial charge in [0.25, 0.3) is 10.2 Å². The second-order valence-corrected chi connectivity index (χ2v) is 8.29. The van der Waals surface area contributed by atoms with Crippen LogP contribution in [0, 0.1) is 5.92 Å². The summed E-state index contributed by atoms with van der Waals surface area (Å²) < 4.78 is 28.7. The average molecular weight is 303 g/mol. The monoisotopic (exact) mass is 303 g/mol. The third kappa shape index (κ3) is 5.31. The molecule has 5 nitrogen and oxygen atoms in total. The molecule has 0 aromatic carbocycles. The Kier molecular flexibility index (Phi) is 5.84. The molecular weight excluding hydrogens is 274 g/mol. The van der Waals surface area contributed by atoms with Crippen LogP contribution in [-0.2, 0) is 10.2 Å². The predicted molar refractivity (Wildman–Crippen MR) is 81.7 cm³/mol. The summed E-state index contributed by atoms with van der Waals surface area (Å²) >= 11 is 0. The van der Waals surface area contributed by atoms with Crippen molar-refractivity contribution >= 4 is 10.2 Å². The van der Waals surface area contributed by atoms with Crippen LogP contribution >= 0.6 is 0 Å². The van der Waals surface area contributed by atoms with E-state index in [1.807, 2.05) is 0 Å². The SMILES string of the molecule is CC1CCC(NS(=O)(=O)N(C)CCCNC2CC2)CC1. The third-order valence-electron chi connectivity index (χ3n) is 4.40. The summed E-state index contributed by atoms with van der Waals surface area (Å²) in [6.45, 7) is 3.73. The molecule has 118 valence electrons. The first-order valence-corrected chi connectivity index (χ1v) is 9.38. The summed E-state index contributed by atoms with van der Waals surface area (Å²) in [6, 6.07) is 0.822. The summed E-state index contributed by atoms with van der Waals surface area (Å²) in [5, 5.41) is 3.41. The lowest BCUT2D eigenvalue weighted by Gasteiger charge is -2.28. The Labute approximate surface area is 123 Å². The molecule has 2 saturated carbocycles. The Bertz CT molecular complexity index is 387. The smallest absolute Gasteiger partial charge is 0.279 e. The highest BCUT2D eigenvalue weighted by atomic mass is 32.2. The fourth-order valence-electron chi connectivity index (χ4n) is 2.69. The average Bonchev–Trinajstić information content (AvgIpc) is 3.21. The molecule has 2 aliphatic rings. The molecule has 6 heteroatoms. The molecule has 0 aliphatic heterocycles. The van der Waals surface area contributed by atoms with Gasteiger partial charge in [0, 0.05) is 25.7 Å². The van der Waals surface area contributed by atoms with Crippen molar-refractivity contribution in [1.82, 2.24) is 14.3 Å². The minimum absolute atomic E-state index is 0.128. The molecule has 0 aromatic rings. The van der Waals surface area contributed by atoms with Gasteiger partial charge in [0.1, 0.15) is 0 Å². The number of hydrogen-bond acceptors (Lipinski definition) is 3. The van der Waals surface area contributed by atoms with E-state index < -0.39 is 10.2 Å². The lowest BCUT2D eigenvalue weighted by molar-refractivity contribution is 0.325. The largest absolute Gasteiger partial charge is 0.314 e. The molecule has 2 aliphatic carbocycles. The second-order valence-electron chi connectivity index (χ2n) is 6.48. The molecule has 0 atom stereocenters. The highest BCUT2D eigenvalue weighted by Gasteiger charge is 2.25. The van der Waals surface area contributed by atoms with Crippen LogP contribution in [-0.4, -0.2) is 44.9 Å². The predicted octanol–water partition coefficient (Wildman–Crippen LogP) is 1.47. The molecule has 20 heavy (non-hydrogen) atoms. The van der Waals surface area contributed by atoms with Crippen LogP contribution in [0.1, 0.15) is 51.9 Å². The zero-order chi connectivity index (χ0) is 14.6. The van der Waals surface area contributed by atoms with Crippen LogP contribution in [0.25, 0.3) is 0 Å². The topological polar surface area (TPSA) is 61.4 Å². The zero-order valence-corrected chi connectivity index (χ0v) is 13.6. The molecule has 2 fully saturated rings. The molecule has 0 bridgehead atoms. The third-order valence-corrected chi connectivity index (χ3v) is 6.04. The van der Waals surface area contributed by atoms with Crippen molar-refractivity contribution in [1.29, 1.82) is 0 Å². The molecule has 0 heterocycles. The van der Waals surface area contributed by atoms with Gasteiger partial charge < -0.3 is 5.32 Å². The van der Waals surface area contributed by atoms with Crippen molar-refractivity contribution in [3.8, 4) is 0 Å². The van der Waals surface area contributed by atoms with Gasteiger partial charge >= 0.3 is 0 Å². The van der Waals surface area contributed by atoms with E-state index in [0.29, 0.717) is 12.6 Å². The number of nitrogens with one attached hydrogen (secondary N) is 2. The minimum atomic E-state index is -3.31. The van der Waals surface area contributed by atoms with Gasteiger partial charge in [-0.25, -0.2) is 0 Å². The summed E-state index contributed by atoms with van der Waals surface area (Å²) in [5.41, 5.74) is 0. The standard InChI is InChI=1S/C14H29N3O2S/c1-12-4-6-14(7-5-12)16-20(18,19)17(2)11-3-10-15-13-8-9-13/h12-16H,3-11H2,1-2H3. The minimum Gasteiger partial charge on any atom is -0.314 e. The maximum atomic E-state index is 12.2. The molecule has 0 spiro atoms. The summed E-state index contributed by atoms with van der Waals surface area (Å²) in [7, 11) is -1.64. The van der Waals surface area contributed by atoms with E-state index in [1.54, 1.807) is 7.05 Å². The highest BCUT2D eigenvalue weighted by molar-refractivity contribution is 7.87. The first-order valence-electron chi connectivity index (χ1n) is 7.94. The van der Waals surface area contributed by atoms with Gasteiger partial charge in [-0.15, -0.1) is 0 Å². The maximum Gasteiger partial charge on any atom is 0.279 e. The Morgan fingerprint density at radius 1 is 1.05 bits per heavy atom. The molecule has 0 amide bonds. The fraction of sp³-hybridized carbons (Fsp3) is 1.00. The number of rotatable bonds is 8. The molecular formula is C14H29N3O2S. The van der Waals surface area contributed by atoms with E-state index in [0.717, 1.165) is 44.6 Å². The summed E-state index contributed by atoms with van der Waals surface area (Å²) in [6.07, 6.45) is 7.61. The van der Waals surface area contributed by atoms with Crippen LogP contribution in [0.3, 0.4) is 0 Å². The lowest BCUT2D eigenvalue weighted by atomic mass is 9.88. The lowest BCUT2D eigenvalue weighted by Crippen LogP contribution is -2.45. The van der Waals surface area contributed by atoms with Crippen molar-refractivity contribution in [2.45, 2.75) is 64.0 Å². The van der Waals surface area contributed by atoms with Gasteiger partial charge in [-0.05, 0) is 57.4 Å². The van der Waals surface area contributed by atoms with Crippen molar-refractivity contribution in [2.24, 2.45) is 5.92 Å². The molecule has 0 aromatic heterocycles. The van der Waals surface area contributed by atoms with Gasteiger partial charge in [-0.2, -0.15) is 17.4 Å². The van der Waals surface area contributed by atoms with Gasteiger partial charge in [0.2, 0.25) is 0 Å². The molecule has 0 saturated heterocycles. The van der Waals surface area contributed by atoms with E-state index in [4.69, 9.17) is 0 Å². The first kappa shape index (κ1) is 16.2. The normalized spacial score (nSPS) is 27.9.